The minimum absolute atomic E-state index is 0.00820. The first-order chi connectivity index (χ1) is 12.8. The van der Waals surface area contributed by atoms with E-state index in [-0.39, 0.29) is 11.8 Å². The average Bonchev–Trinajstić information content (AvgIpc) is 2.67. The second-order valence-corrected chi connectivity index (χ2v) is 6.43. The first kappa shape index (κ1) is 16.3. The molecule has 0 bridgehead atoms. The van der Waals surface area contributed by atoms with E-state index in [1.54, 1.807) is 6.33 Å². The molecule has 1 aromatic heterocycles. The maximum Gasteiger partial charge on any atom is 0.226 e. The fourth-order valence-electron chi connectivity index (χ4n) is 3.05. The molecule has 1 saturated heterocycles. The number of carbonyl (C=O) groups is 1. The van der Waals surface area contributed by atoms with Gasteiger partial charge >= 0.3 is 0 Å². The van der Waals surface area contributed by atoms with E-state index < -0.39 is 0 Å². The number of anilines is 1. The lowest BCUT2D eigenvalue weighted by Crippen LogP contribution is -2.54. The van der Waals surface area contributed by atoms with Crippen molar-refractivity contribution in [2.45, 2.75) is 6.54 Å². The highest BCUT2D eigenvalue weighted by molar-refractivity contribution is 5.81. The highest BCUT2D eigenvalue weighted by Crippen LogP contribution is 2.26. The first-order valence-corrected chi connectivity index (χ1v) is 8.73. The van der Waals surface area contributed by atoms with Crippen molar-refractivity contribution in [2.75, 3.05) is 18.0 Å². The van der Waals surface area contributed by atoms with E-state index in [1.807, 2.05) is 66.7 Å². The quantitative estimate of drug-likeness (QED) is 0.773. The summed E-state index contributed by atoms with van der Waals surface area (Å²) in [6, 6.07) is 22.0. The number of nitrogens with one attached hydrogen (secondary N) is 1. The topological polar surface area (TPSA) is 58.1 Å². The van der Waals surface area contributed by atoms with E-state index in [0.29, 0.717) is 19.6 Å². The highest BCUT2D eigenvalue weighted by Gasteiger charge is 2.33. The Bertz CT molecular complexity index is 877. The Hall–Kier alpha value is -3.21. The summed E-state index contributed by atoms with van der Waals surface area (Å²) >= 11 is 0. The van der Waals surface area contributed by atoms with Gasteiger partial charge in [0.1, 0.15) is 12.1 Å². The van der Waals surface area contributed by atoms with Crippen molar-refractivity contribution < 1.29 is 4.79 Å². The zero-order valence-electron chi connectivity index (χ0n) is 14.4. The van der Waals surface area contributed by atoms with E-state index in [4.69, 9.17) is 0 Å². The molecule has 0 radical (unpaired) electrons. The molecule has 0 unspecified atom stereocenters. The second-order valence-electron chi connectivity index (χ2n) is 6.43. The lowest BCUT2D eigenvalue weighted by Gasteiger charge is -2.39. The van der Waals surface area contributed by atoms with Crippen LogP contribution in [0, 0.1) is 5.92 Å². The summed E-state index contributed by atoms with van der Waals surface area (Å²) in [5, 5.41) is 3.01. The SMILES string of the molecule is O=C(NCc1ccccc1)C1CN(c2cc(-c3ccccc3)ncn2)C1. The Kier molecular flexibility index (Phi) is 4.60. The van der Waals surface area contributed by atoms with Crippen LogP contribution in [0.5, 0.6) is 0 Å². The molecule has 2 aromatic carbocycles. The van der Waals surface area contributed by atoms with Crippen molar-refractivity contribution in [3.63, 3.8) is 0 Å². The monoisotopic (exact) mass is 344 g/mol. The van der Waals surface area contributed by atoms with Crippen molar-refractivity contribution >= 4 is 11.7 Å². The van der Waals surface area contributed by atoms with E-state index in [1.165, 1.54) is 0 Å². The first-order valence-electron chi connectivity index (χ1n) is 8.73. The minimum atomic E-state index is 0.00820. The van der Waals surface area contributed by atoms with Crippen molar-refractivity contribution in [3.8, 4) is 11.3 Å². The van der Waals surface area contributed by atoms with Crippen LogP contribution in [0.3, 0.4) is 0 Å². The van der Waals surface area contributed by atoms with Gasteiger partial charge in [-0.15, -0.1) is 0 Å². The van der Waals surface area contributed by atoms with Crippen LogP contribution < -0.4 is 10.2 Å². The van der Waals surface area contributed by atoms with Gasteiger partial charge in [-0.2, -0.15) is 0 Å². The fraction of sp³-hybridized carbons (Fsp3) is 0.190. The van der Waals surface area contributed by atoms with Gasteiger partial charge in [0.15, 0.2) is 0 Å². The number of benzene rings is 2. The van der Waals surface area contributed by atoms with Crippen LogP contribution in [0.15, 0.2) is 73.1 Å². The van der Waals surface area contributed by atoms with E-state index in [2.05, 4.69) is 20.2 Å². The molecule has 1 N–H and O–H groups in total. The summed E-state index contributed by atoms with van der Waals surface area (Å²) in [4.78, 5) is 23.1. The Morgan fingerprint density at radius 2 is 1.69 bits per heavy atom. The zero-order valence-corrected chi connectivity index (χ0v) is 14.4. The van der Waals surface area contributed by atoms with Crippen LogP contribution in [0.1, 0.15) is 5.56 Å². The standard InChI is InChI=1S/C21H20N4O/c26-21(22-12-16-7-3-1-4-8-16)18-13-25(14-18)20-11-19(23-15-24-20)17-9-5-2-6-10-17/h1-11,15,18H,12-14H2,(H,22,26). The number of amides is 1. The molecule has 26 heavy (non-hydrogen) atoms. The molecule has 0 aliphatic carbocycles. The van der Waals surface area contributed by atoms with Crippen LogP contribution in [-0.4, -0.2) is 29.0 Å². The van der Waals surface area contributed by atoms with Gasteiger partial charge in [-0.1, -0.05) is 60.7 Å². The van der Waals surface area contributed by atoms with Gasteiger partial charge in [0.2, 0.25) is 5.91 Å². The molecule has 2 heterocycles. The van der Waals surface area contributed by atoms with Crippen LogP contribution >= 0.6 is 0 Å². The average molecular weight is 344 g/mol. The van der Waals surface area contributed by atoms with Crippen molar-refractivity contribution in [1.29, 1.82) is 0 Å². The molecule has 1 aliphatic heterocycles. The maximum absolute atomic E-state index is 12.3. The molecule has 130 valence electrons. The largest absolute Gasteiger partial charge is 0.355 e. The smallest absolute Gasteiger partial charge is 0.226 e. The maximum atomic E-state index is 12.3. The Balaban J connectivity index is 1.34. The lowest BCUT2D eigenvalue weighted by atomic mass is 9.99. The van der Waals surface area contributed by atoms with E-state index in [0.717, 1.165) is 22.6 Å². The normalized spacial score (nSPS) is 13.9. The van der Waals surface area contributed by atoms with E-state index in [9.17, 15) is 4.79 Å². The molecule has 0 spiro atoms. The Labute approximate surface area is 152 Å². The lowest BCUT2D eigenvalue weighted by molar-refractivity contribution is -0.125. The summed E-state index contributed by atoms with van der Waals surface area (Å²) in [6.07, 6.45) is 1.58. The van der Waals surface area contributed by atoms with Gasteiger partial charge in [-0.3, -0.25) is 4.79 Å². The summed E-state index contributed by atoms with van der Waals surface area (Å²) in [5.41, 5.74) is 3.07. The predicted octanol–water partition coefficient (Wildman–Crippen LogP) is 2.90. The van der Waals surface area contributed by atoms with Crippen LogP contribution in [0.2, 0.25) is 0 Å². The highest BCUT2D eigenvalue weighted by atomic mass is 16.2. The van der Waals surface area contributed by atoms with Gasteiger partial charge in [-0.05, 0) is 5.56 Å². The molecule has 3 aromatic rings. The summed E-state index contributed by atoms with van der Waals surface area (Å²) in [7, 11) is 0. The van der Waals surface area contributed by atoms with Crippen molar-refractivity contribution in [3.05, 3.63) is 78.6 Å². The number of hydrogen-bond acceptors (Lipinski definition) is 4. The molecule has 1 amide bonds. The third-order valence-electron chi connectivity index (χ3n) is 4.61. The summed E-state index contributed by atoms with van der Waals surface area (Å²) < 4.78 is 0. The third-order valence-corrected chi connectivity index (χ3v) is 4.61. The second kappa shape index (κ2) is 7.35. The number of carbonyl (C=O) groups excluding carboxylic acids is 1. The number of rotatable bonds is 5. The van der Waals surface area contributed by atoms with Gasteiger partial charge in [0.05, 0.1) is 11.6 Å². The third kappa shape index (κ3) is 3.57. The molecular weight excluding hydrogens is 324 g/mol. The molecule has 1 aliphatic rings. The predicted molar refractivity (Wildman–Crippen MR) is 101 cm³/mol. The molecule has 4 rings (SSSR count). The molecular formula is C21H20N4O. The molecule has 1 fully saturated rings. The van der Waals surface area contributed by atoms with Crippen molar-refractivity contribution in [1.82, 2.24) is 15.3 Å². The number of aromatic nitrogens is 2. The zero-order chi connectivity index (χ0) is 17.8. The van der Waals surface area contributed by atoms with Gasteiger partial charge < -0.3 is 10.2 Å². The summed E-state index contributed by atoms with van der Waals surface area (Å²) in [5.74, 6) is 0.974. The Morgan fingerprint density at radius 3 is 2.42 bits per heavy atom. The van der Waals surface area contributed by atoms with Gasteiger partial charge in [0, 0.05) is 31.3 Å². The fourth-order valence-corrected chi connectivity index (χ4v) is 3.05. The number of hydrogen-bond donors (Lipinski definition) is 1. The van der Waals surface area contributed by atoms with Gasteiger partial charge in [-0.25, -0.2) is 9.97 Å². The molecule has 0 atom stereocenters. The molecule has 5 heteroatoms. The van der Waals surface area contributed by atoms with Crippen LogP contribution in [-0.2, 0) is 11.3 Å². The van der Waals surface area contributed by atoms with Crippen molar-refractivity contribution in [2.24, 2.45) is 5.92 Å². The van der Waals surface area contributed by atoms with Gasteiger partial charge in [0.25, 0.3) is 0 Å². The summed E-state index contributed by atoms with van der Waals surface area (Å²) in [6.45, 7) is 1.94. The van der Waals surface area contributed by atoms with E-state index >= 15 is 0 Å². The number of nitrogens with zero attached hydrogens (tertiary/aromatic N) is 3. The van der Waals surface area contributed by atoms with Crippen LogP contribution in [0.4, 0.5) is 5.82 Å². The van der Waals surface area contributed by atoms with Crippen LogP contribution in [0.25, 0.3) is 11.3 Å². The Morgan fingerprint density at radius 1 is 1.00 bits per heavy atom. The minimum Gasteiger partial charge on any atom is -0.355 e. The molecule has 5 nitrogen and oxygen atoms in total. The molecule has 0 saturated carbocycles.